The summed E-state index contributed by atoms with van der Waals surface area (Å²) in [7, 11) is 0. The van der Waals surface area contributed by atoms with Gasteiger partial charge in [0.05, 0.1) is 5.75 Å². The molecule has 0 aromatic heterocycles. The zero-order valence-electron chi connectivity index (χ0n) is 8.14. The van der Waals surface area contributed by atoms with Crippen LogP contribution in [-0.2, 0) is 4.79 Å². The number of amides is 1. The van der Waals surface area contributed by atoms with Crippen LogP contribution in [0.2, 0.25) is 0 Å². The summed E-state index contributed by atoms with van der Waals surface area (Å²) >= 11 is 1.56. The third kappa shape index (κ3) is 4.52. The first-order valence-electron chi connectivity index (χ1n) is 4.82. The monoisotopic (exact) mass is 202 g/mol. The molecule has 1 fully saturated rings. The Hall–Kier alpha value is -0.220. The van der Waals surface area contributed by atoms with Crippen molar-refractivity contribution in [2.24, 2.45) is 0 Å². The van der Waals surface area contributed by atoms with Crippen molar-refractivity contribution >= 4 is 17.7 Å². The molecule has 1 unspecified atom stereocenters. The van der Waals surface area contributed by atoms with Gasteiger partial charge in [-0.1, -0.05) is 6.42 Å². The summed E-state index contributed by atoms with van der Waals surface area (Å²) in [6.07, 6.45) is 5.70. The molecule has 0 bridgehead atoms. The van der Waals surface area contributed by atoms with Crippen LogP contribution in [0.15, 0.2) is 0 Å². The minimum Gasteiger partial charge on any atom is -0.354 e. The van der Waals surface area contributed by atoms with E-state index in [4.69, 9.17) is 0 Å². The molecule has 0 radical (unpaired) electrons. The molecule has 1 rings (SSSR count). The maximum absolute atomic E-state index is 11.1. The molecule has 1 atom stereocenters. The van der Waals surface area contributed by atoms with Crippen LogP contribution in [0.4, 0.5) is 0 Å². The minimum atomic E-state index is 0.153. The van der Waals surface area contributed by atoms with E-state index in [1.54, 1.807) is 11.8 Å². The highest BCUT2D eigenvalue weighted by atomic mass is 32.2. The van der Waals surface area contributed by atoms with E-state index >= 15 is 0 Å². The molecule has 1 heterocycles. The van der Waals surface area contributed by atoms with Crippen LogP contribution in [0.3, 0.4) is 0 Å². The van der Waals surface area contributed by atoms with Crippen LogP contribution in [0.1, 0.15) is 19.3 Å². The maximum Gasteiger partial charge on any atom is 0.230 e. The van der Waals surface area contributed by atoms with Crippen molar-refractivity contribution < 1.29 is 4.79 Å². The molecule has 1 aliphatic rings. The zero-order chi connectivity index (χ0) is 9.52. The Morgan fingerprint density at radius 1 is 1.62 bits per heavy atom. The van der Waals surface area contributed by atoms with Crippen molar-refractivity contribution in [3.05, 3.63) is 0 Å². The van der Waals surface area contributed by atoms with E-state index in [1.165, 1.54) is 19.3 Å². The largest absolute Gasteiger partial charge is 0.354 e. The Morgan fingerprint density at radius 2 is 2.46 bits per heavy atom. The topological polar surface area (TPSA) is 41.1 Å². The fourth-order valence-electron chi connectivity index (χ4n) is 1.52. The van der Waals surface area contributed by atoms with Crippen LogP contribution >= 0.6 is 11.8 Å². The second-order valence-electron chi connectivity index (χ2n) is 3.38. The molecule has 0 saturated carbocycles. The first-order valence-corrected chi connectivity index (χ1v) is 6.21. The van der Waals surface area contributed by atoms with E-state index in [-0.39, 0.29) is 5.91 Å². The van der Waals surface area contributed by atoms with Gasteiger partial charge in [-0.3, -0.25) is 4.79 Å². The third-order valence-electron chi connectivity index (χ3n) is 2.23. The standard InChI is InChI=1S/C9H18N2OS/c1-13-7-9(12)11-6-8-4-2-3-5-10-8/h8,10H,2-7H2,1H3,(H,11,12). The summed E-state index contributed by atoms with van der Waals surface area (Å²) in [5.74, 6) is 0.729. The van der Waals surface area contributed by atoms with Crippen molar-refractivity contribution in [2.75, 3.05) is 25.1 Å². The van der Waals surface area contributed by atoms with E-state index in [2.05, 4.69) is 10.6 Å². The molecule has 0 aromatic carbocycles. The van der Waals surface area contributed by atoms with Crippen molar-refractivity contribution in [1.82, 2.24) is 10.6 Å². The van der Waals surface area contributed by atoms with Gasteiger partial charge in [0.1, 0.15) is 0 Å². The molecule has 13 heavy (non-hydrogen) atoms. The van der Waals surface area contributed by atoms with Crippen LogP contribution in [0.5, 0.6) is 0 Å². The lowest BCUT2D eigenvalue weighted by Crippen LogP contribution is -2.43. The molecule has 3 nitrogen and oxygen atoms in total. The summed E-state index contributed by atoms with van der Waals surface area (Å²) in [6.45, 7) is 1.89. The number of carbonyl (C=O) groups excluding carboxylic acids is 1. The lowest BCUT2D eigenvalue weighted by atomic mass is 10.1. The molecule has 76 valence electrons. The number of thioether (sulfide) groups is 1. The number of rotatable bonds is 4. The van der Waals surface area contributed by atoms with Gasteiger partial charge in [-0.25, -0.2) is 0 Å². The third-order valence-corrected chi connectivity index (χ3v) is 2.78. The molecule has 0 spiro atoms. The molecule has 0 aliphatic carbocycles. The summed E-state index contributed by atoms with van der Waals surface area (Å²) < 4.78 is 0. The van der Waals surface area contributed by atoms with Gasteiger partial charge in [0.15, 0.2) is 0 Å². The zero-order valence-corrected chi connectivity index (χ0v) is 8.95. The van der Waals surface area contributed by atoms with Gasteiger partial charge in [0.2, 0.25) is 5.91 Å². The van der Waals surface area contributed by atoms with Crippen LogP contribution in [0.25, 0.3) is 0 Å². The number of hydrogen-bond donors (Lipinski definition) is 2. The maximum atomic E-state index is 11.1. The van der Waals surface area contributed by atoms with E-state index in [9.17, 15) is 4.79 Å². The molecule has 2 N–H and O–H groups in total. The second kappa shape index (κ2) is 6.27. The molecule has 4 heteroatoms. The van der Waals surface area contributed by atoms with Gasteiger partial charge in [-0.05, 0) is 25.6 Å². The summed E-state index contributed by atoms with van der Waals surface area (Å²) in [5.41, 5.74) is 0. The second-order valence-corrected chi connectivity index (χ2v) is 4.25. The predicted octanol–water partition coefficient (Wildman–Crippen LogP) is 0.608. The molecule has 1 saturated heterocycles. The molecule has 1 aliphatic heterocycles. The van der Waals surface area contributed by atoms with Crippen LogP contribution < -0.4 is 10.6 Å². The predicted molar refractivity (Wildman–Crippen MR) is 57.0 cm³/mol. The van der Waals surface area contributed by atoms with Gasteiger partial charge >= 0.3 is 0 Å². The number of nitrogens with one attached hydrogen (secondary N) is 2. The van der Waals surface area contributed by atoms with Gasteiger partial charge in [-0.15, -0.1) is 0 Å². The SMILES string of the molecule is CSCC(=O)NCC1CCCCN1. The lowest BCUT2D eigenvalue weighted by Gasteiger charge is -2.23. The molecular formula is C9H18N2OS. The van der Waals surface area contributed by atoms with Gasteiger partial charge < -0.3 is 10.6 Å². The Balaban J connectivity index is 2.06. The fraction of sp³-hybridized carbons (Fsp3) is 0.889. The van der Waals surface area contributed by atoms with Gasteiger partial charge in [0, 0.05) is 12.6 Å². The number of hydrogen-bond acceptors (Lipinski definition) is 3. The Morgan fingerprint density at radius 3 is 3.08 bits per heavy atom. The molecule has 0 aromatic rings. The summed E-state index contributed by atoms with van der Waals surface area (Å²) in [4.78, 5) is 11.1. The van der Waals surface area contributed by atoms with E-state index in [0.29, 0.717) is 11.8 Å². The van der Waals surface area contributed by atoms with E-state index in [1.807, 2.05) is 6.26 Å². The van der Waals surface area contributed by atoms with Gasteiger partial charge in [-0.2, -0.15) is 11.8 Å². The fourth-order valence-corrected chi connectivity index (χ4v) is 1.88. The van der Waals surface area contributed by atoms with Crippen molar-refractivity contribution in [2.45, 2.75) is 25.3 Å². The minimum absolute atomic E-state index is 0.153. The highest BCUT2D eigenvalue weighted by Crippen LogP contribution is 2.05. The smallest absolute Gasteiger partial charge is 0.230 e. The van der Waals surface area contributed by atoms with E-state index in [0.717, 1.165) is 13.1 Å². The van der Waals surface area contributed by atoms with E-state index < -0.39 is 0 Å². The van der Waals surface area contributed by atoms with Crippen molar-refractivity contribution in [3.8, 4) is 0 Å². The molecular weight excluding hydrogens is 184 g/mol. The first kappa shape index (κ1) is 10.9. The number of piperidine rings is 1. The average molecular weight is 202 g/mol. The lowest BCUT2D eigenvalue weighted by molar-refractivity contribution is -0.118. The Kier molecular flexibility index (Phi) is 5.23. The van der Waals surface area contributed by atoms with Crippen molar-refractivity contribution in [1.29, 1.82) is 0 Å². The summed E-state index contributed by atoms with van der Waals surface area (Å²) in [5, 5.41) is 6.33. The van der Waals surface area contributed by atoms with Gasteiger partial charge in [0.25, 0.3) is 0 Å². The van der Waals surface area contributed by atoms with Crippen LogP contribution in [0, 0.1) is 0 Å². The Bertz CT molecular complexity index is 158. The first-order chi connectivity index (χ1) is 6.33. The quantitative estimate of drug-likeness (QED) is 0.702. The highest BCUT2D eigenvalue weighted by molar-refractivity contribution is 7.99. The average Bonchev–Trinajstić information content (AvgIpc) is 2.17. The number of carbonyl (C=O) groups is 1. The highest BCUT2D eigenvalue weighted by Gasteiger charge is 2.12. The molecule has 1 amide bonds. The van der Waals surface area contributed by atoms with Crippen molar-refractivity contribution in [3.63, 3.8) is 0 Å². The summed E-state index contributed by atoms with van der Waals surface area (Å²) in [6, 6.07) is 0.500. The Labute approximate surface area is 84.0 Å². The van der Waals surface area contributed by atoms with Crippen LogP contribution in [-0.4, -0.2) is 37.0 Å². The normalized spacial score (nSPS) is 22.7.